The molecule has 0 rings (SSSR count). The summed E-state index contributed by atoms with van der Waals surface area (Å²) in [5.41, 5.74) is 0. The molecule has 0 unspecified atom stereocenters. The number of hydrogen-bond donors (Lipinski definition) is 4. The predicted molar refractivity (Wildman–Crippen MR) is 21.8 cm³/mol. The molecule has 0 spiro atoms. The van der Waals surface area contributed by atoms with Gasteiger partial charge in [0.15, 0.2) is 0 Å². The van der Waals surface area contributed by atoms with E-state index in [1.807, 2.05) is 0 Å². The van der Waals surface area contributed by atoms with Crippen molar-refractivity contribution >= 4 is 38.6 Å². The van der Waals surface area contributed by atoms with Crippen molar-refractivity contribution in [1.29, 1.82) is 0 Å². The van der Waals surface area contributed by atoms with E-state index in [0.29, 0.717) is 0 Å². The summed E-state index contributed by atoms with van der Waals surface area (Å²) >= 11 is 0. The van der Waals surface area contributed by atoms with E-state index in [4.69, 9.17) is 19.2 Å². The van der Waals surface area contributed by atoms with Gasteiger partial charge >= 0.3 is 38.6 Å². The summed E-state index contributed by atoms with van der Waals surface area (Å²) < 4.78 is 0. The van der Waals surface area contributed by atoms with Crippen molar-refractivity contribution in [3.05, 3.63) is 0 Å². The van der Waals surface area contributed by atoms with Gasteiger partial charge in [-0.25, -0.2) is 0 Å². The second kappa shape index (κ2) is 5.87. The van der Waals surface area contributed by atoms with Gasteiger partial charge in [0, 0.05) is 21.1 Å². The summed E-state index contributed by atoms with van der Waals surface area (Å²) in [6.45, 7) is 0. The van der Waals surface area contributed by atoms with E-state index in [1.165, 1.54) is 0 Å². The van der Waals surface area contributed by atoms with Crippen molar-refractivity contribution in [3.63, 3.8) is 0 Å². The Morgan fingerprint density at radius 1 is 0.857 bits per heavy atom. The Morgan fingerprint density at radius 2 is 0.857 bits per heavy atom. The number of rotatable bonds is 0. The fraction of sp³-hybridized carbons (Fsp3) is 0. The van der Waals surface area contributed by atoms with E-state index in [0.717, 1.165) is 0 Å². The van der Waals surface area contributed by atoms with E-state index in [-0.39, 0.29) is 50.6 Å². The van der Waals surface area contributed by atoms with Gasteiger partial charge in [-0.3, -0.25) is 0 Å². The summed E-state index contributed by atoms with van der Waals surface area (Å²) in [6.07, 6.45) is 0. The molecule has 0 amide bonds. The zero-order chi connectivity index (χ0) is 4.50. The van der Waals surface area contributed by atoms with Crippen molar-refractivity contribution in [2.45, 2.75) is 0 Å². The molecule has 40 valence electrons. The van der Waals surface area contributed by atoms with Crippen molar-refractivity contribution in [2.75, 3.05) is 0 Å². The Kier molecular flexibility index (Phi) is 13.3. The molecule has 0 saturated carbocycles. The molecule has 0 aromatic carbocycles. The van der Waals surface area contributed by atoms with Gasteiger partial charge in [0.1, 0.15) is 0 Å². The molecular formula is H5MoNaO4Si. The van der Waals surface area contributed by atoms with E-state index in [2.05, 4.69) is 0 Å². The van der Waals surface area contributed by atoms with Crippen LogP contribution in [0.3, 0.4) is 0 Å². The van der Waals surface area contributed by atoms with E-state index >= 15 is 0 Å². The molecule has 0 aliphatic carbocycles. The minimum atomic E-state index is -4.61. The minimum absolute atomic E-state index is 0. The van der Waals surface area contributed by atoms with Crippen molar-refractivity contribution < 1.29 is 40.2 Å². The fourth-order valence-corrected chi connectivity index (χ4v) is 0. The van der Waals surface area contributed by atoms with E-state index in [1.54, 1.807) is 0 Å². The van der Waals surface area contributed by atoms with Crippen LogP contribution in [-0.2, 0) is 21.1 Å². The Hall–Kier alpha value is 1.75. The second-order valence-corrected chi connectivity index (χ2v) is 1.80. The molecule has 0 atom stereocenters. The molecule has 0 aromatic heterocycles. The first kappa shape index (κ1) is 15.9. The molecule has 7 heteroatoms. The zero-order valence-electron chi connectivity index (χ0n) is 2.70. The van der Waals surface area contributed by atoms with Crippen molar-refractivity contribution in [1.82, 2.24) is 0 Å². The average molecular weight is 216 g/mol. The summed E-state index contributed by atoms with van der Waals surface area (Å²) in [4.78, 5) is 29.3. The van der Waals surface area contributed by atoms with Crippen LogP contribution in [0.4, 0.5) is 0 Å². The summed E-state index contributed by atoms with van der Waals surface area (Å²) in [7, 11) is -4.61. The third-order valence-electron chi connectivity index (χ3n) is 0. The van der Waals surface area contributed by atoms with Gasteiger partial charge in [-0.2, -0.15) is 0 Å². The molecular weight excluding hydrogens is 211 g/mol. The summed E-state index contributed by atoms with van der Waals surface area (Å²) in [5, 5.41) is 0. The summed E-state index contributed by atoms with van der Waals surface area (Å²) in [5.74, 6) is 0. The molecule has 0 aromatic rings. The predicted octanol–water partition coefficient (Wildman–Crippen LogP) is -3.26. The first-order valence-electron chi connectivity index (χ1n) is 0.894. The molecule has 0 fully saturated rings. The second-order valence-electron chi connectivity index (χ2n) is 0.600. The SMILES string of the molecule is O[Si](O)(O)O.[Mo].[NaH]. The van der Waals surface area contributed by atoms with Crippen molar-refractivity contribution in [2.24, 2.45) is 0 Å². The monoisotopic (exact) mass is 218 g/mol. The maximum atomic E-state index is 7.33. The summed E-state index contributed by atoms with van der Waals surface area (Å²) in [6, 6.07) is 0. The van der Waals surface area contributed by atoms with Gasteiger partial charge in [-0.05, 0) is 0 Å². The molecule has 7 heavy (non-hydrogen) atoms. The van der Waals surface area contributed by atoms with Crippen LogP contribution in [0.25, 0.3) is 0 Å². The van der Waals surface area contributed by atoms with E-state index in [9.17, 15) is 0 Å². The fourth-order valence-electron chi connectivity index (χ4n) is 0. The third kappa shape index (κ3) is 83.9. The van der Waals surface area contributed by atoms with Gasteiger partial charge in [0.05, 0.1) is 0 Å². The van der Waals surface area contributed by atoms with Crippen LogP contribution in [0, 0.1) is 0 Å². The molecule has 4 nitrogen and oxygen atoms in total. The quantitative estimate of drug-likeness (QED) is 0.320. The van der Waals surface area contributed by atoms with Gasteiger partial charge in [-0.15, -0.1) is 0 Å². The van der Waals surface area contributed by atoms with Gasteiger partial charge in [0.2, 0.25) is 0 Å². The van der Waals surface area contributed by atoms with Crippen LogP contribution in [0.5, 0.6) is 0 Å². The molecule has 0 heterocycles. The van der Waals surface area contributed by atoms with E-state index < -0.39 is 9.05 Å². The molecule has 0 bridgehead atoms. The van der Waals surface area contributed by atoms with Crippen LogP contribution < -0.4 is 0 Å². The topological polar surface area (TPSA) is 80.9 Å². The van der Waals surface area contributed by atoms with Gasteiger partial charge in [0.25, 0.3) is 0 Å². The zero-order valence-corrected chi connectivity index (χ0v) is 5.70. The van der Waals surface area contributed by atoms with Gasteiger partial charge in [-0.1, -0.05) is 0 Å². The molecule has 4 N–H and O–H groups in total. The first-order chi connectivity index (χ1) is 2.00. The Balaban J connectivity index is -0.0000000800. The maximum absolute atomic E-state index is 7.33. The Morgan fingerprint density at radius 3 is 0.857 bits per heavy atom. The molecule has 0 aliphatic rings. The van der Waals surface area contributed by atoms with Gasteiger partial charge < -0.3 is 19.2 Å². The Labute approximate surface area is 78.2 Å². The van der Waals surface area contributed by atoms with Crippen LogP contribution in [0.2, 0.25) is 0 Å². The van der Waals surface area contributed by atoms with Crippen LogP contribution in [-0.4, -0.2) is 57.8 Å². The number of hydrogen-bond acceptors (Lipinski definition) is 4. The molecule has 0 radical (unpaired) electrons. The van der Waals surface area contributed by atoms with Crippen LogP contribution >= 0.6 is 0 Å². The third-order valence-corrected chi connectivity index (χ3v) is 0. The molecule has 0 saturated heterocycles. The van der Waals surface area contributed by atoms with Crippen LogP contribution in [0.15, 0.2) is 0 Å². The molecule has 0 aliphatic heterocycles. The normalized spacial score (nSPS) is 8.57. The van der Waals surface area contributed by atoms with Crippen molar-refractivity contribution in [3.8, 4) is 0 Å². The Bertz CT molecular complexity index is 27.2. The standard InChI is InChI=1S/Mo.Na.H4O4Si.H/c;;1-5(2,3)4;/h;;1-4H;. The average Bonchev–Trinajstić information content (AvgIpc) is 0.722. The first-order valence-corrected chi connectivity index (χ1v) is 2.68. The van der Waals surface area contributed by atoms with Crippen LogP contribution in [0.1, 0.15) is 0 Å².